The van der Waals surface area contributed by atoms with E-state index in [-0.39, 0.29) is 5.91 Å². The molecule has 2 N–H and O–H groups in total. The Morgan fingerprint density at radius 3 is 3.00 bits per heavy atom. The van der Waals surface area contributed by atoms with Gasteiger partial charge in [-0.2, -0.15) is 5.10 Å². The normalized spacial score (nSPS) is 10.7. The van der Waals surface area contributed by atoms with Crippen molar-refractivity contribution >= 4 is 34.0 Å². The molecular weight excluding hydrogens is 248 g/mol. The molecule has 6 heteroatoms. The molecule has 0 spiro atoms. The summed E-state index contributed by atoms with van der Waals surface area (Å²) in [6.07, 6.45) is 0. The van der Waals surface area contributed by atoms with E-state index in [1.54, 1.807) is 5.51 Å². The van der Waals surface area contributed by atoms with Crippen LogP contribution in [0.4, 0.5) is 5.82 Å². The average Bonchev–Trinajstić information content (AvgIpc) is 2.97. The van der Waals surface area contributed by atoms with Gasteiger partial charge in [-0.15, -0.1) is 11.3 Å². The monoisotopic (exact) mass is 258 g/mol. The number of aromatic nitrogens is 3. The second-order valence-electron chi connectivity index (χ2n) is 3.84. The molecule has 0 bridgehead atoms. The number of amides is 1. The number of aromatic amines is 1. The molecule has 0 saturated heterocycles. The number of benzene rings is 1. The van der Waals surface area contributed by atoms with Gasteiger partial charge in [-0.25, -0.2) is 4.98 Å². The molecule has 90 valence electrons. The Balaban J connectivity index is 1.93. The van der Waals surface area contributed by atoms with Crippen molar-refractivity contribution in [3.8, 4) is 0 Å². The summed E-state index contributed by atoms with van der Waals surface area (Å²) in [5, 5.41) is 10.7. The number of anilines is 1. The van der Waals surface area contributed by atoms with Gasteiger partial charge in [0, 0.05) is 5.39 Å². The first-order valence-corrected chi connectivity index (χ1v) is 6.28. The first kappa shape index (κ1) is 10.9. The molecule has 0 aliphatic rings. The second-order valence-corrected chi connectivity index (χ2v) is 4.69. The fourth-order valence-electron chi connectivity index (χ4n) is 1.74. The van der Waals surface area contributed by atoms with Crippen LogP contribution in [0.5, 0.6) is 0 Å². The van der Waals surface area contributed by atoms with E-state index in [0.717, 1.165) is 16.6 Å². The number of aryl methyl sites for hydroxylation is 1. The van der Waals surface area contributed by atoms with E-state index in [2.05, 4.69) is 20.5 Å². The van der Waals surface area contributed by atoms with Crippen molar-refractivity contribution in [3.05, 3.63) is 40.3 Å². The van der Waals surface area contributed by atoms with Crippen LogP contribution in [0.3, 0.4) is 0 Å². The van der Waals surface area contributed by atoms with Crippen LogP contribution in [0.15, 0.2) is 29.8 Å². The number of thiazole rings is 1. The number of para-hydroxylation sites is 1. The van der Waals surface area contributed by atoms with Crippen molar-refractivity contribution in [2.45, 2.75) is 6.92 Å². The zero-order chi connectivity index (χ0) is 12.5. The molecule has 18 heavy (non-hydrogen) atoms. The molecule has 1 aromatic carbocycles. The minimum atomic E-state index is -0.174. The van der Waals surface area contributed by atoms with Gasteiger partial charge in [-0.3, -0.25) is 9.89 Å². The number of nitrogens with zero attached hydrogens (tertiary/aromatic N) is 2. The molecule has 3 aromatic rings. The Bertz CT molecular complexity index is 716. The Morgan fingerprint density at radius 2 is 2.22 bits per heavy atom. The summed E-state index contributed by atoms with van der Waals surface area (Å²) >= 11 is 1.32. The van der Waals surface area contributed by atoms with Crippen molar-refractivity contribution in [1.82, 2.24) is 15.2 Å². The van der Waals surface area contributed by atoms with Gasteiger partial charge >= 0.3 is 0 Å². The Hall–Kier alpha value is -2.21. The minimum Gasteiger partial charge on any atom is -0.304 e. The lowest BCUT2D eigenvalue weighted by atomic mass is 10.2. The summed E-state index contributed by atoms with van der Waals surface area (Å²) in [7, 11) is 0. The first-order chi connectivity index (χ1) is 8.75. The molecule has 0 radical (unpaired) electrons. The largest absolute Gasteiger partial charge is 0.304 e. The number of carbonyl (C=O) groups is 1. The van der Waals surface area contributed by atoms with Gasteiger partial charge < -0.3 is 5.32 Å². The summed E-state index contributed by atoms with van der Waals surface area (Å²) in [6.45, 7) is 1.81. The van der Waals surface area contributed by atoms with Gasteiger partial charge in [0.1, 0.15) is 4.88 Å². The molecule has 2 heterocycles. The zero-order valence-corrected chi connectivity index (χ0v) is 10.4. The van der Waals surface area contributed by atoms with Crippen LogP contribution in [0.1, 0.15) is 15.4 Å². The van der Waals surface area contributed by atoms with Crippen molar-refractivity contribution in [3.63, 3.8) is 0 Å². The maximum atomic E-state index is 12.0. The van der Waals surface area contributed by atoms with Gasteiger partial charge in [-0.1, -0.05) is 12.1 Å². The number of carbonyl (C=O) groups excluding carboxylic acids is 1. The zero-order valence-electron chi connectivity index (χ0n) is 9.60. The van der Waals surface area contributed by atoms with Gasteiger partial charge in [-0.05, 0) is 19.1 Å². The topological polar surface area (TPSA) is 70.7 Å². The maximum absolute atomic E-state index is 12.0. The second kappa shape index (κ2) is 4.23. The number of H-pyrrole nitrogens is 1. The molecule has 0 unspecified atom stereocenters. The van der Waals surface area contributed by atoms with E-state index in [9.17, 15) is 4.79 Å². The third-order valence-electron chi connectivity index (χ3n) is 2.65. The number of hydrogen-bond donors (Lipinski definition) is 2. The Morgan fingerprint density at radius 1 is 1.39 bits per heavy atom. The van der Waals surface area contributed by atoms with Crippen molar-refractivity contribution in [2.24, 2.45) is 0 Å². The van der Waals surface area contributed by atoms with Crippen LogP contribution in [0, 0.1) is 6.92 Å². The quantitative estimate of drug-likeness (QED) is 0.742. The van der Waals surface area contributed by atoms with E-state index >= 15 is 0 Å². The van der Waals surface area contributed by atoms with Crippen LogP contribution in [0.25, 0.3) is 10.9 Å². The lowest BCUT2D eigenvalue weighted by Crippen LogP contribution is -2.12. The summed E-state index contributed by atoms with van der Waals surface area (Å²) in [5.74, 6) is 0.371. The SMILES string of the molecule is Cc1ncsc1C(=O)Nc1n[nH]c2ccccc12. The highest BCUT2D eigenvalue weighted by molar-refractivity contribution is 7.12. The molecule has 0 atom stereocenters. The third-order valence-corrected chi connectivity index (χ3v) is 3.58. The highest BCUT2D eigenvalue weighted by atomic mass is 32.1. The van der Waals surface area contributed by atoms with Crippen LogP contribution < -0.4 is 5.32 Å². The van der Waals surface area contributed by atoms with Gasteiger partial charge in [0.2, 0.25) is 0 Å². The fourth-order valence-corrected chi connectivity index (χ4v) is 2.44. The van der Waals surface area contributed by atoms with Crippen LogP contribution >= 0.6 is 11.3 Å². The van der Waals surface area contributed by atoms with Crippen molar-refractivity contribution in [1.29, 1.82) is 0 Å². The van der Waals surface area contributed by atoms with E-state index in [1.807, 2.05) is 31.2 Å². The summed E-state index contributed by atoms with van der Waals surface area (Å²) in [4.78, 5) is 16.7. The van der Waals surface area contributed by atoms with Gasteiger partial charge in [0.05, 0.1) is 16.7 Å². The summed E-state index contributed by atoms with van der Waals surface area (Å²) in [5.41, 5.74) is 3.29. The van der Waals surface area contributed by atoms with Crippen molar-refractivity contribution < 1.29 is 4.79 Å². The number of fused-ring (bicyclic) bond motifs is 1. The summed E-state index contributed by atoms with van der Waals surface area (Å²) < 4.78 is 0. The maximum Gasteiger partial charge on any atom is 0.268 e. The van der Waals surface area contributed by atoms with Crippen LogP contribution in [-0.2, 0) is 0 Å². The highest BCUT2D eigenvalue weighted by Gasteiger charge is 2.14. The molecular formula is C12H10N4OS. The van der Waals surface area contributed by atoms with E-state index in [4.69, 9.17) is 0 Å². The standard InChI is InChI=1S/C12H10N4OS/c1-7-10(18-6-13-7)12(17)14-11-8-4-2-3-5-9(8)15-16-11/h2-6H,1H3,(H2,14,15,16,17). The van der Waals surface area contributed by atoms with E-state index in [1.165, 1.54) is 11.3 Å². The van der Waals surface area contributed by atoms with Gasteiger partial charge in [0.15, 0.2) is 5.82 Å². The molecule has 1 amide bonds. The average molecular weight is 258 g/mol. The Kier molecular flexibility index (Phi) is 2.56. The first-order valence-electron chi connectivity index (χ1n) is 5.40. The predicted molar refractivity (Wildman–Crippen MR) is 70.9 cm³/mol. The number of rotatable bonds is 2. The molecule has 0 fully saturated rings. The number of nitrogens with one attached hydrogen (secondary N) is 2. The molecule has 5 nitrogen and oxygen atoms in total. The molecule has 0 aliphatic carbocycles. The fraction of sp³-hybridized carbons (Fsp3) is 0.0833. The van der Waals surface area contributed by atoms with Crippen LogP contribution in [0.2, 0.25) is 0 Å². The number of hydrogen-bond acceptors (Lipinski definition) is 4. The lowest BCUT2D eigenvalue weighted by Gasteiger charge is -2.00. The van der Waals surface area contributed by atoms with Crippen molar-refractivity contribution in [2.75, 3.05) is 5.32 Å². The van der Waals surface area contributed by atoms with E-state index < -0.39 is 0 Å². The molecule has 3 rings (SSSR count). The minimum absolute atomic E-state index is 0.174. The van der Waals surface area contributed by atoms with Gasteiger partial charge in [0.25, 0.3) is 5.91 Å². The third kappa shape index (κ3) is 1.76. The highest BCUT2D eigenvalue weighted by Crippen LogP contribution is 2.21. The lowest BCUT2D eigenvalue weighted by molar-refractivity contribution is 0.102. The Labute approximate surface area is 107 Å². The van der Waals surface area contributed by atoms with Crippen LogP contribution in [-0.4, -0.2) is 21.1 Å². The summed E-state index contributed by atoms with van der Waals surface area (Å²) in [6, 6.07) is 7.65. The van der Waals surface area contributed by atoms with E-state index in [0.29, 0.717) is 10.7 Å². The predicted octanol–water partition coefficient (Wildman–Crippen LogP) is 2.58. The molecule has 2 aromatic heterocycles. The molecule has 0 aliphatic heterocycles. The smallest absolute Gasteiger partial charge is 0.268 e. The molecule has 0 saturated carbocycles.